The number of benzene rings is 1. The largest absolute Gasteiger partial charge is 0.256 e. The molecule has 1 heterocycles. The van der Waals surface area contributed by atoms with Crippen molar-refractivity contribution < 1.29 is 0 Å². The maximum Gasteiger partial charge on any atom is 0.0736 e. The Hall–Kier alpha value is -1.63. The van der Waals surface area contributed by atoms with E-state index in [-0.39, 0.29) is 0 Å². The first-order chi connectivity index (χ1) is 10.2. The zero-order chi connectivity index (χ0) is 15.7. The zero-order valence-corrected chi connectivity index (χ0v) is 14.2. The van der Waals surface area contributed by atoms with E-state index in [0.717, 1.165) is 12.1 Å². The molecule has 0 aliphatic heterocycles. The number of hydrogen-bond acceptors (Lipinski definition) is 1. The van der Waals surface area contributed by atoms with E-state index in [1.54, 1.807) is 0 Å². The molecule has 0 aliphatic carbocycles. The number of unbranched alkanes of at least 4 members (excludes halogenated alkanes) is 1. The fourth-order valence-corrected chi connectivity index (χ4v) is 2.14. The van der Waals surface area contributed by atoms with Crippen LogP contribution in [0.2, 0.25) is 0 Å². The van der Waals surface area contributed by atoms with Crippen LogP contribution in [0.4, 0.5) is 0 Å². The minimum absolute atomic E-state index is 1.12. The van der Waals surface area contributed by atoms with Crippen molar-refractivity contribution in [1.82, 2.24) is 4.98 Å². The Labute approximate surface area is 130 Å². The maximum atomic E-state index is 4.55. The normalized spacial score (nSPS) is 9.95. The molecule has 1 nitrogen and oxygen atoms in total. The SMILES string of the molecule is CCCC.CCCc1ccccc1-c1nccc(C)c1C. The molecule has 1 aromatic carbocycles. The highest BCUT2D eigenvalue weighted by molar-refractivity contribution is 5.67. The van der Waals surface area contributed by atoms with Gasteiger partial charge in [0.15, 0.2) is 0 Å². The first-order valence-corrected chi connectivity index (χ1v) is 8.16. The fourth-order valence-electron chi connectivity index (χ4n) is 2.14. The van der Waals surface area contributed by atoms with Gasteiger partial charge in [-0.3, -0.25) is 4.98 Å². The second-order valence-corrected chi connectivity index (χ2v) is 5.51. The minimum atomic E-state index is 1.12. The van der Waals surface area contributed by atoms with Crippen LogP contribution in [-0.2, 0) is 6.42 Å². The van der Waals surface area contributed by atoms with Gasteiger partial charge in [0.1, 0.15) is 0 Å². The van der Waals surface area contributed by atoms with Crippen LogP contribution in [-0.4, -0.2) is 4.98 Å². The second-order valence-electron chi connectivity index (χ2n) is 5.51. The van der Waals surface area contributed by atoms with E-state index in [1.165, 1.54) is 41.5 Å². The van der Waals surface area contributed by atoms with E-state index in [9.17, 15) is 0 Å². The van der Waals surface area contributed by atoms with Crippen molar-refractivity contribution in [1.29, 1.82) is 0 Å². The van der Waals surface area contributed by atoms with Crippen molar-refractivity contribution in [2.45, 2.75) is 60.3 Å². The van der Waals surface area contributed by atoms with Gasteiger partial charge in [0.05, 0.1) is 5.69 Å². The molecular formula is C20H29N. The van der Waals surface area contributed by atoms with Crippen molar-refractivity contribution >= 4 is 0 Å². The molecule has 0 saturated carbocycles. The molecule has 0 bridgehead atoms. The molecule has 2 aromatic rings. The van der Waals surface area contributed by atoms with E-state index in [2.05, 4.69) is 69.9 Å². The third kappa shape index (κ3) is 5.00. The predicted octanol–water partition coefficient (Wildman–Crippen LogP) is 6.12. The Balaban J connectivity index is 0.000000491. The molecule has 0 radical (unpaired) electrons. The number of aryl methyl sites for hydroxylation is 2. The average Bonchev–Trinajstić information content (AvgIpc) is 2.51. The van der Waals surface area contributed by atoms with Crippen molar-refractivity contribution in [2.75, 3.05) is 0 Å². The van der Waals surface area contributed by atoms with Crippen LogP contribution in [0, 0.1) is 13.8 Å². The first-order valence-electron chi connectivity index (χ1n) is 8.16. The highest BCUT2D eigenvalue weighted by Gasteiger charge is 2.08. The van der Waals surface area contributed by atoms with Gasteiger partial charge in [-0.25, -0.2) is 0 Å². The van der Waals surface area contributed by atoms with E-state index < -0.39 is 0 Å². The summed E-state index contributed by atoms with van der Waals surface area (Å²) in [7, 11) is 0. The molecule has 0 saturated heterocycles. The van der Waals surface area contributed by atoms with Crippen LogP contribution in [0.5, 0.6) is 0 Å². The van der Waals surface area contributed by atoms with Gasteiger partial charge in [-0.1, -0.05) is 64.3 Å². The smallest absolute Gasteiger partial charge is 0.0736 e. The fraction of sp³-hybridized carbons (Fsp3) is 0.450. The summed E-state index contributed by atoms with van der Waals surface area (Å²) in [6.45, 7) is 10.9. The highest BCUT2D eigenvalue weighted by atomic mass is 14.7. The molecule has 0 atom stereocenters. The monoisotopic (exact) mass is 283 g/mol. The summed E-state index contributed by atoms with van der Waals surface area (Å²) >= 11 is 0. The third-order valence-corrected chi connectivity index (χ3v) is 3.77. The van der Waals surface area contributed by atoms with Gasteiger partial charge >= 0.3 is 0 Å². The summed E-state index contributed by atoms with van der Waals surface area (Å²) in [4.78, 5) is 4.55. The van der Waals surface area contributed by atoms with Gasteiger partial charge in [0.2, 0.25) is 0 Å². The summed E-state index contributed by atoms with van der Waals surface area (Å²) in [6, 6.07) is 10.7. The minimum Gasteiger partial charge on any atom is -0.256 e. The van der Waals surface area contributed by atoms with Gasteiger partial charge in [-0.05, 0) is 43.0 Å². The van der Waals surface area contributed by atoms with Gasteiger partial charge in [-0.15, -0.1) is 0 Å². The summed E-state index contributed by atoms with van der Waals surface area (Å²) in [5, 5.41) is 0. The van der Waals surface area contributed by atoms with Crippen LogP contribution in [0.1, 0.15) is 56.7 Å². The summed E-state index contributed by atoms with van der Waals surface area (Å²) in [5.74, 6) is 0. The lowest BCUT2D eigenvalue weighted by Gasteiger charge is -2.11. The molecule has 2 rings (SSSR count). The van der Waals surface area contributed by atoms with Crippen molar-refractivity contribution in [3.05, 3.63) is 53.2 Å². The van der Waals surface area contributed by atoms with Crippen LogP contribution in [0.3, 0.4) is 0 Å². The highest BCUT2D eigenvalue weighted by Crippen LogP contribution is 2.27. The molecule has 0 amide bonds. The second kappa shape index (κ2) is 9.33. The van der Waals surface area contributed by atoms with Crippen LogP contribution in [0.15, 0.2) is 36.5 Å². The van der Waals surface area contributed by atoms with Gasteiger partial charge < -0.3 is 0 Å². The predicted molar refractivity (Wildman–Crippen MR) is 93.7 cm³/mol. The number of hydrogen-bond donors (Lipinski definition) is 0. The quantitative estimate of drug-likeness (QED) is 0.658. The van der Waals surface area contributed by atoms with Crippen LogP contribution in [0.25, 0.3) is 11.3 Å². The maximum absolute atomic E-state index is 4.55. The molecule has 0 unspecified atom stereocenters. The van der Waals surface area contributed by atoms with Crippen molar-refractivity contribution in [3.63, 3.8) is 0 Å². The molecular weight excluding hydrogens is 254 g/mol. The molecule has 1 heteroatoms. The topological polar surface area (TPSA) is 12.9 Å². The van der Waals surface area contributed by atoms with Crippen LogP contribution < -0.4 is 0 Å². The van der Waals surface area contributed by atoms with Gasteiger partial charge in [0, 0.05) is 11.8 Å². The van der Waals surface area contributed by atoms with Gasteiger partial charge in [-0.2, -0.15) is 0 Å². The molecule has 0 N–H and O–H groups in total. The molecule has 0 aliphatic rings. The Kier molecular flexibility index (Phi) is 7.74. The summed E-state index contributed by atoms with van der Waals surface area (Å²) in [5.41, 5.74) is 6.41. The third-order valence-electron chi connectivity index (χ3n) is 3.77. The van der Waals surface area contributed by atoms with Gasteiger partial charge in [0.25, 0.3) is 0 Å². The van der Waals surface area contributed by atoms with Crippen molar-refractivity contribution in [3.8, 4) is 11.3 Å². The average molecular weight is 283 g/mol. The Morgan fingerprint density at radius 3 is 2.14 bits per heavy atom. The standard InChI is InChI=1S/C16H19N.C4H10/c1-4-7-14-8-5-6-9-15(14)16-13(3)12(2)10-11-17-16;1-3-4-2/h5-6,8-11H,4,7H2,1-3H3;3-4H2,1-2H3. The zero-order valence-electron chi connectivity index (χ0n) is 14.2. The molecule has 114 valence electrons. The molecule has 0 fully saturated rings. The van der Waals surface area contributed by atoms with Crippen molar-refractivity contribution in [2.24, 2.45) is 0 Å². The number of nitrogens with zero attached hydrogens (tertiary/aromatic N) is 1. The van der Waals surface area contributed by atoms with E-state index in [0.29, 0.717) is 0 Å². The lowest BCUT2D eigenvalue weighted by molar-refractivity contribution is 0.886. The Morgan fingerprint density at radius 1 is 0.857 bits per heavy atom. The number of rotatable bonds is 4. The summed E-state index contributed by atoms with van der Waals surface area (Å²) in [6.07, 6.45) is 6.83. The van der Waals surface area contributed by atoms with Crippen LogP contribution >= 0.6 is 0 Å². The Morgan fingerprint density at radius 2 is 1.52 bits per heavy atom. The lowest BCUT2D eigenvalue weighted by atomic mass is 9.96. The van der Waals surface area contributed by atoms with E-state index in [1.807, 2.05) is 6.20 Å². The summed E-state index contributed by atoms with van der Waals surface area (Å²) < 4.78 is 0. The first kappa shape index (κ1) is 17.4. The molecule has 21 heavy (non-hydrogen) atoms. The Bertz CT molecular complexity index is 541. The lowest BCUT2D eigenvalue weighted by Crippen LogP contribution is -1.95. The van der Waals surface area contributed by atoms with E-state index in [4.69, 9.17) is 0 Å². The number of pyridine rings is 1. The molecule has 1 aromatic heterocycles. The molecule has 0 spiro atoms. The number of aromatic nitrogens is 1. The van der Waals surface area contributed by atoms with E-state index >= 15 is 0 Å².